The summed E-state index contributed by atoms with van der Waals surface area (Å²) in [6.45, 7) is 7.15. The Kier molecular flexibility index (Phi) is 9.92. The van der Waals surface area contributed by atoms with E-state index in [9.17, 15) is 14.0 Å². The van der Waals surface area contributed by atoms with Crippen LogP contribution in [0.3, 0.4) is 0 Å². The molecule has 1 atom stereocenters. The number of pyridine rings is 1. The SMILES string of the molecule is CNC(=O)c1cc(F)c(Cl)nc1N(C=O)C/C(C)=C\CN(C)[C@H](SC)C(C)C. The molecule has 1 N–H and O–H groups in total. The molecule has 6 nitrogen and oxygen atoms in total. The summed E-state index contributed by atoms with van der Waals surface area (Å²) in [5.41, 5.74) is 0.858. The number of rotatable bonds is 10. The first-order chi connectivity index (χ1) is 13.2. The number of aromatic nitrogens is 1. The summed E-state index contributed by atoms with van der Waals surface area (Å²) in [7, 11) is 3.47. The first-order valence-electron chi connectivity index (χ1n) is 8.84. The number of carbonyl (C=O) groups is 2. The number of hydrogen-bond acceptors (Lipinski definition) is 5. The minimum atomic E-state index is -0.819. The number of halogens is 2. The van der Waals surface area contributed by atoms with Crippen LogP contribution in [-0.2, 0) is 4.79 Å². The van der Waals surface area contributed by atoms with Crippen molar-refractivity contribution in [3.8, 4) is 0 Å². The maximum absolute atomic E-state index is 13.8. The van der Waals surface area contributed by atoms with Gasteiger partial charge in [0, 0.05) is 20.1 Å². The molecule has 0 radical (unpaired) electrons. The predicted octanol–water partition coefficient (Wildman–Crippen LogP) is 3.42. The maximum atomic E-state index is 13.8. The summed E-state index contributed by atoms with van der Waals surface area (Å²) in [5, 5.41) is 2.40. The molecule has 1 heterocycles. The molecule has 0 unspecified atom stereocenters. The molecule has 0 spiro atoms. The third kappa shape index (κ3) is 6.46. The Morgan fingerprint density at radius 3 is 2.61 bits per heavy atom. The van der Waals surface area contributed by atoms with Crippen LogP contribution in [0.2, 0.25) is 5.15 Å². The van der Waals surface area contributed by atoms with Crippen LogP contribution in [0.15, 0.2) is 17.7 Å². The number of carbonyl (C=O) groups excluding carboxylic acids is 2. The Balaban J connectivity index is 3.05. The van der Waals surface area contributed by atoms with E-state index in [4.69, 9.17) is 11.6 Å². The van der Waals surface area contributed by atoms with Gasteiger partial charge in [0.25, 0.3) is 5.91 Å². The molecule has 0 aromatic carbocycles. The number of thioether (sulfide) groups is 1. The zero-order valence-corrected chi connectivity index (χ0v) is 18.7. The molecular weight excluding hydrogens is 403 g/mol. The normalized spacial score (nSPS) is 13.0. The molecule has 1 rings (SSSR count). The van der Waals surface area contributed by atoms with Gasteiger partial charge < -0.3 is 5.32 Å². The Morgan fingerprint density at radius 2 is 2.11 bits per heavy atom. The van der Waals surface area contributed by atoms with Crippen molar-refractivity contribution in [1.29, 1.82) is 0 Å². The molecule has 0 saturated carbocycles. The minimum Gasteiger partial charge on any atom is -0.355 e. The van der Waals surface area contributed by atoms with Crippen molar-refractivity contribution < 1.29 is 14.0 Å². The quantitative estimate of drug-likeness (QED) is 0.266. The number of likely N-dealkylation sites (N-methyl/N-ethyl adjacent to an activating group) is 1. The van der Waals surface area contributed by atoms with Gasteiger partial charge in [0.1, 0.15) is 5.82 Å². The van der Waals surface area contributed by atoms with E-state index in [0.717, 1.165) is 11.6 Å². The van der Waals surface area contributed by atoms with Crippen molar-refractivity contribution in [3.63, 3.8) is 0 Å². The summed E-state index contributed by atoms with van der Waals surface area (Å²) in [5.74, 6) is -0.849. The highest BCUT2D eigenvalue weighted by atomic mass is 35.5. The zero-order valence-electron chi connectivity index (χ0n) is 17.1. The van der Waals surface area contributed by atoms with Crippen LogP contribution in [-0.4, -0.2) is 61.0 Å². The van der Waals surface area contributed by atoms with Crippen LogP contribution < -0.4 is 10.2 Å². The Morgan fingerprint density at radius 1 is 1.46 bits per heavy atom. The van der Waals surface area contributed by atoms with Crippen LogP contribution >= 0.6 is 23.4 Å². The standard InChI is InChI=1S/C19H28ClFN4O2S/c1-12(2)19(28-6)24(5)8-7-13(3)10-25(11-26)17-14(18(27)22-4)9-15(21)16(20)23-17/h7,9,11-12,19H,8,10H2,1-6H3,(H,22,27)/b13-7-/t19-/m1/s1. The van der Waals surface area contributed by atoms with Gasteiger partial charge in [-0.1, -0.05) is 37.1 Å². The van der Waals surface area contributed by atoms with Crippen LogP contribution in [0.25, 0.3) is 0 Å². The van der Waals surface area contributed by atoms with E-state index in [1.54, 1.807) is 11.8 Å². The van der Waals surface area contributed by atoms with E-state index in [0.29, 0.717) is 24.2 Å². The fourth-order valence-corrected chi connectivity index (χ4v) is 3.96. The van der Waals surface area contributed by atoms with Crippen molar-refractivity contribution in [3.05, 3.63) is 34.2 Å². The zero-order chi connectivity index (χ0) is 21.4. The van der Waals surface area contributed by atoms with Crippen molar-refractivity contribution in [2.75, 3.05) is 38.3 Å². The number of nitrogens with one attached hydrogen (secondary N) is 1. The van der Waals surface area contributed by atoms with Gasteiger partial charge in [0.15, 0.2) is 11.0 Å². The fourth-order valence-electron chi connectivity index (χ4n) is 2.84. The third-order valence-corrected chi connectivity index (χ3v) is 5.83. The summed E-state index contributed by atoms with van der Waals surface area (Å²) < 4.78 is 13.8. The first-order valence-corrected chi connectivity index (χ1v) is 10.5. The molecule has 1 aromatic heterocycles. The number of nitrogens with zero attached hydrogens (tertiary/aromatic N) is 3. The van der Waals surface area contributed by atoms with E-state index in [-0.39, 0.29) is 17.9 Å². The van der Waals surface area contributed by atoms with E-state index in [1.807, 2.05) is 20.0 Å². The van der Waals surface area contributed by atoms with Crippen LogP contribution in [0, 0.1) is 11.7 Å². The topological polar surface area (TPSA) is 65.5 Å². The van der Waals surface area contributed by atoms with E-state index >= 15 is 0 Å². The van der Waals surface area contributed by atoms with Gasteiger partial charge in [-0.05, 0) is 32.2 Å². The van der Waals surface area contributed by atoms with Gasteiger partial charge in [-0.2, -0.15) is 0 Å². The van der Waals surface area contributed by atoms with Gasteiger partial charge in [0.2, 0.25) is 6.41 Å². The van der Waals surface area contributed by atoms with Gasteiger partial charge >= 0.3 is 0 Å². The van der Waals surface area contributed by atoms with E-state index in [1.165, 1.54) is 11.9 Å². The Bertz CT molecular complexity index is 730. The predicted molar refractivity (Wildman–Crippen MR) is 115 cm³/mol. The second kappa shape index (κ2) is 11.4. The number of amides is 2. The number of anilines is 1. The minimum absolute atomic E-state index is 0.0195. The lowest BCUT2D eigenvalue weighted by Gasteiger charge is -2.29. The molecule has 156 valence electrons. The second-order valence-corrected chi connectivity index (χ2v) is 8.12. The molecule has 0 aliphatic carbocycles. The Labute approximate surface area is 175 Å². The third-order valence-electron chi connectivity index (χ3n) is 4.18. The van der Waals surface area contributed by atoms with Gasteiger partial charge in [-0.25, -0.2) is 9.37 Å². The highest BCUT2D eigenvalue weighted by Crippen LogP contribution is 2.24. The van der Waals surface area contributed by atoms with E-state index < -0.39 is 16.9 Å². The first kappa shape index (κ1) is 24.4. The molecule has 0 fully saturated rings. The second-order valence-electron chi connectivity index (χ2n) is 6.80. The van der Waals surface area contributed by atoms with Crippen molar-refractivity contribution in [1.82, 2.24) is 15.2 Å². The average Bonchev–Trinajstić information content (AvgIpc) is 2.65. The van der Waals surface area contributed by atoms with Crippen molar-refractivity contribution in [2.45, 2.75) is 26.1 Å². The molecule has 0 saturated heterocycles. The van der Waals surface area contributed by atoms with Crippen molar-refractivity contribution in [2.24, 2.45) is 5.92 Å². The lowest BCUT2D eigenvalue weighted by atomic mass is 10.2. The summed E-state index contributed by atoms with van der Waals surface area (Å²) in [4.78, 5) is 31.1. The molecule has 9 heteroatoms. The maximum Gasteiger partial charge on any atom is 0.254 e. The molecule has 0 aliphatic heterocycles. The number of hydrogen-bond donors (Lipinski definition) is 1. The fraction of sp³-hybridized carbons (Fsp3) is 0.526. The monoisotopic (exact) mass is 430 g/mol. The molecule has 2 amide bonds. The van der Waals surface area contributed by atoms with Crippen LogP contribution in [0.1, 0.15) is 31.1 Å². The summed E-state index contributed by atoms with van der Waals surface area (Å²) >= 11 is 7.56. The van der Waals surface area contributed by atoms with Crippen molar-refractivity contribution >= 4 is 41.5 Å². The molecule has 28 heavy (non-hydrogen) atoms. The smallest absolute Gasteiger partial charge is 0.254 e. The molecule has 1 aromatic rings. The van der Waals surface area contributed by atoms with Crippen LogP contribution in [0.4, 0.5) is 10.2 Å². The molecule has 0 aliphatic rings. The van der Waals surface area contributed by atoms with Gasteiger partial charge in [0.05, 0.1) is 10.9 Å². The Hall–Kier alpha value is -1.64. The lowest BCUT2D eigenvalue weighted by Crippen LogP contribution is -2.33. The highest BCUT2D eigenvalue weighted by Gasteiger charge is 2.21. The highest BCUT2D eigenvalue weighted by molar-refractivity contribution is 7.99. The molecule has 0 bridgehead atoms. The summed E-state index contributed by atoms with van der Waals surface area (Å²) in [6.07, 6.45) is 4.66. The van der Waals surface area contributed by atoms with E-state index in [2.05, 4.69) is 35.3 Å². The van der Waals surface area contributed by atoms with Gasteiger partial charge in [-0.3, -0.25) is 19.4 Å². The largest absolute Gasteiger partial charge is 0.355 e. The van der Waals surface area contributed by atoms with Gasteiger partial charge in [-0.15, -0.1) is 11.8 Å². The van der Waals surface area contributed by atoms with Crippen LogP contribution in [0.5, 0.6) is 0 Å². The molecular formula is C19H28ClFN4O2S. The summed E-state index contributed by atoms with van der Waals surface area (Å²) in [6, 6.07) is 0.985. The average molecular weight is 431 g/mol. The lowest BCUT2D eigenvalue weighted by molar-refractivity contribution is -0.107.